The molecule has 0 radical (unpaired) electrons. The molecule has 0 atom stereocenters. The minimum atomic E-state index is -0.335. The molecule has 0 unspecified atom stereocenters. The lowest BCUT2D eigenvalue weighted by Crippen LogP contribution is -2.25. The molecule has 1 amide bonds. The summed E-state index contributed by atoms with van der Waals surface area (Å²) in [5, 5.41) is 13.3. The van der Waals surface area contributed by atoms with Crippen molar-refractivity contribution in [2.24, 2.45) is 5.10 Å². The van der Waals surface area contributed by atoms with Crippen LogP contribution >= 0.6 is 0 Å². The normalized spacial score (nSPS) is 11.9. The predicted octanol–water partition coefficient (Wildman–Crippen LogP) is 3.61. The first-order valence-corrected chi connectivity index (χ1v) is 8.11. The monoisotopic (exact) mass is 340 g/mol. The van der Waals surface area contributed by atoms with Crippen LogP contribution in [0, 0.1) is 0 Å². The number of hydrazone groups is 1. The molecule has 0 bridgehead atoms. The molecule has 5 heteroatoms. The van der Waals surface area contributed by atoms with Crippen LogP contribution in [-0.4, -0.2) is 23.3 Å². The van der Waals surface area contributed by atoms with E-state index in [-0.39, 0.29) is 23.7 Å². The molecule has 0 saturated carbocycles. The van der Waals surface area contributed by atoms with Crippen LogP contribution in [0.25, 0.3) is 0 Å². The van der Waals surface area contributed by atoms with Crippen LogP contribution in [0.15, 0.2) is 53.6 Å². The second-order valence-electron chi connectivity index (χ2n) is 6.84. The number of nitrogens with zero attached hydrogens (tertiary/aromatic N) is 1. The maximum atomic E-state index is 11.8. The summed E-state index contributed by atoms with van der Waals surface area (Å²) < 4.78 is 5.47. The van der Waals surface area contributed by atoms with Crippen molar-refractivity contribution in [2.75, 3.05) is 6.61 Å². The van der Waals surface area contributed by atoms with Crippen LogP contribution < -0.4 is 10.2 Å². The molecular formula is C20H24N2O3. The minimum Gasteiger partial charge on any atom is -0.508 e. The van der Waals surface area contributed by atoms with Crippen molar-refractivity contribution >= 4 is 11.6 Å². The van der Waals surface area contributed by atoms with Crippen LogP contribution in [0.4, 0.5) is 0 Å². The van der Waals surface area contributed by atoms with E-state index < -0.39 is 0 Å². The number of nitrogens with one attached hydrogen (secondary N) is 1. The Bertz CT molecular complexity index is 742. The van der Waals surface area contributed by atoms with Crippen LogP contribution in [-0.2, 0) is 10.2 Å². The number of amides is 1. The highest BCUT2D eigenvalue weighted by atomic mass is 16.5. The van der Waals surface area contributed by atoms with Gasteiger partial charge in [0.1, 0.15) is 11.5 Å². The van der Waals surface area contributed by atoms with E-state index in [9.17, 15) is 9.90 Å². The lowest BCUT2D eigenvalue weighted by atomic mass is 9.87. The summed E-state index contributed by atoms with van der Waals surface area (Å²) >= 11 is 0. The summed E-state index contributed by atoms with van der Waals surface area (Å²) in [6.45, 7) is 8.10. The second kappa shape index (κ2) is 7.83. The summed E-state index contributed by atoms with van der Waals surface area (Å²) in [6, 6.07) is 14.3. The Morgan fingerprint density at radius 3 is 2.24 bits per heavy atom. The zero-order chi connectivity index (χ0) is 18.4. The fraction of sp³-hybridized carbons (Fsp3) is 0.300. The van der Waals surface area contributed by atoms with Gasteiger partial charge < -0.3 is 9.84 Å². The van der Waals surface area contributed by atoms with Gasteiger partial charge in [0.15, 0.2) is 6.61 Å². The Morgan fingerprint density at radius 1 is 1.08 bits per heavy atom. The van der Waals surface area contributed by atoms with Crippen molar-refractivity contribution < 1.29 is 14.6 Å². The third-order valence-electron chi connectivity index (χ3n) is 3.72. The SMILES string of the molecule is CC(=NNC(=O)COc1ccc(C(C)(C)C)cc1)c1ccc(O)cc1. The van der Waals surface area contributed by atoms with Crippen LogP contribution in [0.3, 0.4) is 0 Å². The molecule has 2 rings (SSSR count). The zero-order valence-corrected chi connectivity index (χ0v) is 15.0. The number of ether oxygens (including phenoxy) is 1. The molecule has 0 saturated heterocycles. The molecule has 0 aliphatic heterocycles. The van der Waals surface area contributed by atoms with E-state index in [0.717, 1.165) is 5.56 Å². The fourth-order valence-electron chi connectivity index (χ4n) is 2.15. The van der Waals surface area contributed by atoms with Crippen LogP contribution in [0.1, 0.15) is 38.8 Å². The van der Waals surface area contributed by atoms with E-state index in [1.165, 1.54) is 5.56 Å². The Labute approximate surface area is 148 Å². The number of phenolic OH excluding ortho intramolecular Hbond substituents is 1. The van der Waals surface area contributed by atoms with Gasteiger partial charge in [0, 0.05) is 0 Å². The van der Waals surface area contributed by atoms with E-state index in [4.69, 9.17) is 4.74 Å². The maximum absolute atomic E-state index is 11.8. The van der Waals surface area contributed by atoms with Gasteiger partial charge in [-0.2, -0.15) is 5.10 Å². The van der Waals surface area contributed by atoms with E-state index in [1.54, 1.807) is 31.2 Å². The van der Waals surface area contributed by atoms with E-state index >= 15 is 0 Å². The highest BCUT2D eigenvalue weighted by Crippen LogP contribution is 2.24. The third kappa shape index (κ3) is 5.64. The first-order chi connectivity index (χ1) is 11.8. The summed E-state index contributed by atoms with van der Waals surface area (Å²) in [4.78, 5) is 11.8. The fourth-order valence-corrected chi connectivity index (χ4v) is 2.15. The van der Waals surface area contributed by atoms with Crippen LogP contribution in [0.2, 0.25) is 0 Å². The van der Waals surface area contributed by atoms with Gasteiger partial charge in [-0.1, -0.05) is 32.9 Å². The molecule has 0 aliphatic rings. The lowest BCUT2D eigenvalue weighted by Gasteiger charge is -2.19. The third-order valence-corrected chi connectivity index (χ3v) is 3.72. The summed E-state index contributed by atoms with van der Waals surface area (Å²) in [7, 11) is 0. The largest absolute Gasteiger partial charge is 0.508 e. The number of phenols is 1. The van der Waals surface area contributed by atoms with Crippen molar-refractivity contribution in [3.05, 3.63) is 59.7 Å². The van der Waals surface area contributed by atoms with Gasteiger partial charge in [0.05, 0.1) is 5.71 Å². The van der Waals surface area contributed by atoms with Crippen molar-refractivity contribution in [3.8, 4) is 11.5 Å². The van der Waals surface area contributed by atoms with Crippen molar-refractivity contribution in [3.63, 3.8) is 0 Å². The van der Waals surface area contributed by atoms with Gasteiger partial charge >= 0.3 is 0 Å². The summed E-state index contributed by atoms with van der Waals surface area (Å²) in [5.41, 5.74) is 5.21. The van der Waals surface area contributed by atoms with Gasteiger partial charge in [-0.3, -0.25) is 4.79 Å². The smallest absolute Gasteiger partial charge is 0.277 e. The van der Waals surface area contributed by atoms with Gasteiger partial charge in [-0.15, -0.1) is 0 Å². The maximum Gasteiger partial charge on any atom is 0.277 e. The molecule has 0 fully saturated rings. The highest BCUT2D eigenvalue weighted by molar-refractivity contribution is 5.99. The minimum absolute atomic E-state index is 0.0797. The average molecular weight is 340 g/mol. The van der Waals surface area contributed by atoms with Gasteiger partial charge in [0.2, 0.25) is 0 Å². The molecule has 0 aliphatic carbocycles. The van der Waals surface area contributed by atoms with Crippen molar-refractivity contribution in [1.29, 1.82) is 0 Å². The Morgan fingerprint density at radius 2 is 1.68 bits per heavy atom. The topological polar surface area (TPSA) is 70.9 Å². The lowest BCUT2D eigenvalue weighted by molar-refractivity contribution is -0.123. The molecule has 25 heavy (non-hydrogen) atoms. The summed E-state index contributed by atoms with van der Waals surface area (Å²) in [5.74, 6) is 0.492. The Kier molecular flexibility index (Phi) is 5.80. The molecule has 0 aromatic heterocycles. The number of aromatic hydroxyl groups is 1. The molecule has 2 aromatic rings. The standard InChI is InChI=1S/C20H24N2O3/c1-14(15-5-9-17(23)10-6-15)21-22-19(24)13-25-18-11-7-16(8-12-18)20(2,3)4/h5-12,23H,13H2,1-4H3,(H,22,24). The molecule has 0 heterocycles. The molecule has 0 spiro atoms. The molecule has 2 N–H and O–H groups in total. The first-order valence-electron chi connectivity index (χ1n) is 8.11. The van der Waals surface area contributed by atoms with Gasteiger partial charge in [0.25, 0.3) is 5.91 Å². The first kappa shape index (κ1) is 18.5. The highest BCUT2D eigenvalue weighted by Gasteiger charge is 2.13. The Hall–Kier alpha value is -2.82. The number of hydrogen-bond donors (Lipinski definition) is 2. The van der Waals surface area contributed by atoms with E-state index in [2.05, 4.69) is 31.3 Å². The van der Waals surface area contributed by atoms with Crippen molar-refractivity contribution in [2.45, 2.75) is 33.1 Å². The van der Waals surface area contributed by atoms with Crippen molar-refractivity contribution in [1.82, 2.24) is 5.43 Å². The molecule has 2 aromatic carbocycles. The summed E-state index contributed by atoms with van der Waals surface area (Å²) in [6.07, 6.45) is 0. The number of benzene rings is 2. The predicted molar refractivity (Wildman–Crippen MR) is 99.1 cm³/mol. The number of carbonyl (C=O) groups excluding carboxylic acids is 1. The number of hydrogen-bond acceptors (Lipinski definition) is 4. The average Bonchev–Trinajstić information content (AvgIpc) is 2.58. The number of carbonyl (C=O) groups is 1. The molecule has 5 nitrogen and oxygen atoms in total. The second-order valence-corrected chi connectivity index (χ2v) is 6.84. The van der Waals surface area contributed by atoms with Gasteiger partial charge in [-0.05, 0) is 59.9 Å². The Balaban J connectivity index is 1.86. The zero-order valence-electron chi connectivity index (χ0n) is 15.0. The van der Waals surface area contributed by atoms with Crippen LogP contribution in [0.5, 0.6) is 11.5 Å². The van der Waals surface area contributed by atoms with E-state index in [1.807, 2.05) is 24.3 Å². The number of rotatable bonds is 5. The molecular weight excluding hydrogens is 316 g/mol. The molecule has 132 valence electrons. The van der Waals surface area contributed by atoms with Gasteiger partial charge in [-0.25, -0.2) is 5.43 Å². The van der Waals surface area contributed by atoms with E-state index in [0.29, 0.717) is 11.5 Å². The quantitative estimate of drug-likeness (QED) is 0.645.